The first kappa shape index (κ1) is 17.0. The van der Waals surface area contributed by atoms with Crippen molar-refractivity contribution in [1.82, 2.24) is 9.88 Å². The Kier molecular flexibility index (Phi) is 5.04. The van der Waals surface area contributed by atoms with E-state index >= 15 is 0 Å². The van der Waals surface area contributed by atoms with Gasteiger partial charge in [-0.1, -0.05) is 6.07 Å². The van der Waals surface area contributed by atoms with Crippen LogP contribution in [0.2, 0.25) is 0 Å². The SMILES string of the molecule is O=C(CC1CC1)N1CCC2OCCCC2(COCc2ccccn2)C1. The van der Waals surface area contributed by atoms with Crippen LogP contribution in [-0.4, -0.2) is 48.2 Å². The van der Waals surface area contributed by atoms with Gasteiger partial charge in [-0.05, 0) is 50.2 Å². The van der Waals surface area contributed by atoms with E-state index in [-0.39, 0.29) is 11.5 Å². The van der Waals surface area contributed by atoms with Gasteiger partial charge in [0.25, 0.3) is 0 Å². The van der Waals surface area contributed by atoms with Crippen LogP contribution in [0.15, 0.2) is 24.4 Å². The number of aromatic nitrogens is 1. The second kappa shape index (κ2) is 7.42. The van der Waals surface area contributed by atoms with Gasteiger partial charge in [0.05, 0.1) is 25.0 Å². The molecule has 136 valence electrons. The first-order valence-electron chi connectivity index (χ1n) is 9.62. The summed E-state index contributed by atoms with van der Waals surface area (Å²) in [6, 6.07) is 5.88. The Hall–Kier alpha value is -1.46. The highest BCUT2D eigenvalue weighted by molar-refractivity contribution is 5.77. The molecule has 3 aliphatic rings. The van der Waals surface area contributed by atoms with E-state index in [1.807, 2.05) is 18.2 Å². The monoisotopic (exact) mass is 344 g/mol. The average Bonchev–Trinajstić information content (AvgIpc) is 3.46. The third-order valence-electron chi connectivity index (χ3n) is 5.87. The van der Waals surface area contributed by atoms with Crippen LogP contribution in [0.4, 0.5) is 0 Å². The number of hydrogen-bond acceptors (Lipinski definition) is 4. The van der Waals surface area contributed by atoms with E-state index in [2.05, 4.69) is 9.88 Å². The normalized spacial score (nSPS) is 29.3. The summed E-state index contributed by atoms with van der Waals surface area (Å²) >= 11 is 0. The Morgan fingerprint density at radius 1 is 1.36 bits per heavy atom. The summed E-state index contributed by atoms with van der Waals surface area (Å²) in [6.45, 7) is 3.61. The molecule has 0 N–H and O–H groups in total. The lowest BCUT2D eigenvalue weighted by Crippen LogP contribution is -2.58. The van der Waals surface area contributed by atoms with Gasteiger partial charge in [-0.3, -0.25) is 9.78 Å². The van der Waals surface area contributed by atoms with E-state index in [9.17, 15) is 4.79 Å². The van der Waals surface area contributed by atoms with Crippen molar-refractivity contribution in [2.45, 2.75) is 51.2 Å². The molecule has 2 saturated heterocycles. The Bertz CT molecular complexity index is 590. The Balaban J connectivity index is 1.39. The fraction of sp³-hybridized carbons (Fsp3) is 0.700. The van der Waals surface area contributed by atoms with E-state index in [0.717, 1.165) is 51.1 Å². The lowest BCUT2D eigenvalue weighted by molar-refractivity contribution is -0.166. The van der Waals surface area contributed by atoms with Crippen molar-refractivity contribution < 1.29 is 14.3 Å². The van der Waals surface area contributed by atoms with Gasteiger partial charge in [0.15, 0.2) is 0 Å². The zero-order chi connectivity index (χ0) is 17.1. The van der Waals surface area contributed by atoms with Gasteiger partial charge >= 0.3 is 0 Å². The molecule has 1 saturated carbocycles. The van der Waals surface area contributed by atoms with E-state index in [0.29, 0.717) is 25.0 Å². The number of carbonyl (C=O) groups is 1. The summed E-state index contributed by atoms with van der Waals surface area (Å²) in [5.41, 5.74) is 0.898. The Morgan fingerprint density at radius 3 is 3.08 bits per heavy atom. The molecule has 1 aromatic rings. The van der Waals surface area contributed by atoms with Crippen LogP contribution in [0, 0.1) is 11.3 Å². The minimum Gasteiger partial charge on any atom is -0.377 e. The van der Waals surface area contributed by atoms with Gasteiger partial charge in [0.2, 0.25) is 5.91 Å². The Labute approximate surface area is 149 Å². The van der Waals surface area contributed by atoms with Crippen molar-refractivity contribution in [3.8, 4) is 0 Å². The molecule has 0 aromatic carbocycles. The fourth-order valence-electron chi connectivity index (χ4n) is 4.25. The minimum atomic E-state index is -0.0511. The largest absolute Gasteiger partial charge is 0.377 e. The number of fused-ring (bicyclic) bond motifs is 1. The molecule has 0 bridgehead atoms. The van der Waals surface area contributed by atoms with Gasteiger partial charge in [-0.25, -0.2) is 0 Å². The molecule has 0 radical (unpaired) electrons. The summed E-state index contributed by atoms with van der Waals surface area (Å²) in [5.74, 6) is 0.972. The maximum absolute atomic E-state index is 12.6. The quantitative estimate of drug-likeness (QED) is 0.796. The molecular formula is C20H28N2O3. The summed E-state index contributed by atoms with van der Waals surface area (Å²) in [4.78, 5) is 19.0. The lowest BCUT2D eigenvalue weighted by atomic mass is 9.73. The molecule has 5 heteroatoms. The summed E-state index contributed by atoms with van der Waals surface area (Å²) in [6.07, 6.45) is 8.26. The van der Waals surface area contributed by atoms with Gasteiger partial charge in [0.1, 0.15) is 0 Å². The number of piperidine rings is 1. The molecule has 2 atom stereocenters. The van der Waals surface area contributed by atoms with E-state index in [1.165, 1.54) is 12.8 Å². The van der Waals surface area contributed by atoms with Crippen molar-refractivity contribution >= 4 is 5.91 Å². The Morgan fingerprint density at radius 2 is 2.28 bits per heavy atom. The summed E-state index contributed by atoms with van der Waals surface area (Å²) in [5, 5.41) is 0. The molecule has 3 fully saturated rings. The van der Waals surface area contributed by atoms with Gasteiger partial charge in [-0.2, -0.15) is 0 Å². The average molecular weight is 344 g/mol. The van der Waals surface area contributed by atoms with E-state index in [4.69, 9.17) is 9.47 Å². The smallest absolute Gasteiger partial charge is 0.222 e. The molecule has 1 amide bonds. The van der Waals surface area contributed by atoms with E-state index in [1.54, 1.807) is 6.20 Å². The molecule has 0 spiro atoms. The standard InChI is InChI=1S/C20H28N2O3/c23-19(12-16-5-6-16)22-10-7-18-20(14-22,8-3-11-25-18)15-24-13-17-4-1-2-9-21-17/h1-2,4,9,16,18H,3,5-8,10-15H2. The number of ether oxygens (including phenoxy) is 2. The molecule has 1 aliphatic carbocycles. The van der Waals surface area contributed by atoms with Gasteiger partial charge in [-0.15, -0.1) is 0 Å². The predicted molar refractivity (Wildman–Crippen MR) is 93.8 cm³/mol. The first-order chi connectivity index (χ1) is 12.3. The highest BCUT2D eigenvalue weighted by Gasteiger charge is 2.47. The minimum absolute atomic E-state index is 0.0511. The van der Waals surface area contributed by atoms with Crippen LogP contribution in [0.5, 0.6) is 0 Å². The number of amides is 1. The van der Waals surface area contributed by atoms with Gasteiger partial charge < -0.3 is 14.4 Å². The molecule has 4 rings (SSSR count). The van der Waals surface area contributed by atoms with E-state index < -0.39 is 0 Å². The number of hydrogen-bond donors (Lipinski definition) is 0. The molecule has 2 aliphatic heterocycles. The third-order valence-corrected chi connectivity index (χ3v) is 5.87. The van der Waals surface area contributed by atoms with Crippen LogP contribution < -0.4 is 0 Å². The van der Waals surface area contributed by atoms with Crippen molar-refractivity contribution in [3.63, 3.8) is 0 Å². The number of carbonyl (C=O) groups excluding carboxylic acids is 1. The summed E-state index contributed by atoms with van der Waals surface area (Å²) in [7, 11) is 0. The molecular weight excluding hydrogens is 316 g/mol. The van der Waals surface area contributed by atoms with Crippen molar-refractivity contribution in [2.75, 3.05) is 26.3 Å². The van der Waals surface area contributed by atoms with Crippen LogP contribution in [0.1, 0.15) is 44.2 Å². The van der Waals surface area contributed by atoms with Crippen LogP contribution in [0.25, 0.3) is 0 Å². The molecule has 1 aromatic heterocycles. The maximum Gasteiger partial charge on any atom is 0.222 e. The maximum atomic E-state index is 12.6. The highest BCUT2D eigenvalue weighted by Crippen LogP contribution is 2.41. The number of pyridine rings is 1. The first-order valence-corrected chi connectivity index (χ1v) is 9.62. The predicted octanol–water partition coefficient (Wildman–Crippen LogP) is 2.80. The molecule has 5 nitrogen and oxygen atoms in total. The topological polar surface area (TPSA) is 51.7 Å². The number of rotatable bonds is 6. The van der Waals surface area contributed by atoms with Gasteiger partial charge in [0, 0.05) is 37.7 Å². The number of nitrogens with zero attached hydrogens (tertiary/aromatic N) is 2. The molecule has 25 heavy (non-hydrogen) atoms. The van der Waals surface area contributed by atoms with Crippen LogP contribution in [0.3, 0.4) is 0 Å². The second-order valence-electron chi connectivity index (χ2n) is 7.89. The lowest BCUT2D eigenvalue weighted by Gasteiger charge is -2.50. The zero-order valence-electron chi connectivity index (χ0n) is 14.9. The summed E-state index contributed by atoms with van der Waals surface area (Å²) < 4.78 is 12.1. The third kappa shape index (κ3) is 4.04. The van der Waals surface area contributed by atoms with Crippen LogP contribution >= 0.6 is 0 Å². The molecule has 2 unspecified atom stereocenters. The second-order valence-corrected chi connectivity index (χ2v) is 7.89. The van der Waals surface area contributed by atoms with Crippen LogP contribution in [-0.2, 0) is 20.9 Å². The molecule has 3 heterocycles. The van der Waals surface area contributed by atoms with Crippen molar-refractivity contribution in [3.05, 3.63) is 30.1 Å². The zero-order valence-corrected chi connectivity index (χ0v) is 14.9. The van der Waals surface area contributed by atoms with Crippen molar-refractivity contribution in [2.24, 2.45) is 11.3 Å². The number of likely N-dealkylation sites (tertiary alicyclic amines) is 1. The van der Waals surface area contributed by atoms with Crippen molar-refractivity contribution in [1.29, 1.82) is 0 Å². The fourth-order valence-corrected chi connectivity index (χ4v) is 4.25. The highest BCUT2D eigenvalue weighted by atomic mass is 16.5.